The van der Waals surface area contributed by atoms with Crippen LogP contribution in [0.4, 0.5) is 10.5 Å². The van der Waals surface area contributed by atoms with Crippen molar-refractivity contribution in [1.29, 1.82) is 0 Å². The zero-order valence-corrected chi connectivity index (χ0v) is 18.4. The minimum atomic E-state index is -0.464. The van der Waals surface area contributed by atoms with E-state index in [9.17, 15) is 14.4 Å². The highest BCUT2D eigenvalue weighted by molar-refractivity contribution is 6.02. The Morgan fingerprint density at radius 1 is 1.06 bits per heavy atom. The third kappa shape index (κ3) is 4.83. The van der Waals surface area contributed by atoms with E-state index in [4.69, 9.17) is 0 Å². The molecule has 0 aromatic heterocycles. The molecular formula is C25H30N4O3. The van der Waals surface area contributed by atoms with Crippen LogP contribution in [-0.2, 0) is 22.4 Å². The Bertz CT molecular complexity index is 961. The number of urea groups is 1. The van der Waals surface area contributed by atoms with Crippen molar-refractivity contribution in [2.75, 3.05) is 25.0 Å². The molecule has 2 aromatic rings. The van der Waals surface area contributed by atoms with Gasteiger partial charge in [-0.15, -0.1) is 0 Å². The quantitative estimate of drug-likeness (QED) is 0.702. The fraction of sp³-hybridized carbons (Fsp3) is 0.400. The number of aryl methyl sites for hydroxylation is 1. The van der Waals surface area contributed by atoms with Crippen molar-refractivity contribution in [1.82, 2.24) is 15.1 Å². The highest BCUT2D eigenvalue weighted by Crippen LogP contribution is 2.25. The molecule has 2 heterocycles. The van der Waals surface area contributed by atoms with Crippen LogP contribution in [0.25, 0.3) is 0 Å². The normalized spacial score (nSPS) is 20.8. The third-order valence-corrected chi connectivity index (χ3v) is 6.26. The molecule has 7 heteroatoms. The largest absolute Gasteiger partial charge is 0.327 e. The highest BCUT2D eigenvalue weighted by Gasteiger charge is 2.47. The zero-order valence-electron chi connectivity index (χ0n) is 18.4. The Kier molecular flexibility index (Phi) is 6.85. The van der Waals surface area contributed by atoms with E-state index in [0.29, 0.717) is 25.1 Å². The minimum Gasteiger partial charge on any atom is -0.325 e. The lowest BCUT2D eigenvalue weighted by molar-refractivity contribution is -0.138. The van der Waals surface area contributed by atoms with Gasteiger partial charge in [-0.3, -0.25) is 14.5 Å². The number of carbonyl (C=O) groups excluding carboxylic acids is 3. The van der Waals surface area contributed by atoms with Crippen molar-refractivity contribution in [2.45, 2.75) is 44.7 Å². The van der Waals surface area contributed by atoms with Crippen LogP contribution < -0.4 is 10.6 Å². The van der Waals surface area contributed by atoms with Crippen molar-refractivity contribution >= 4 is 23.5 Å². The van der Waals surface area contributed by atoms with E-state index in [2.05, 4.69) is 17.6 Å². The topological polar surface area (TPSA) is 81.8 Å². The van der Waals surface area contributed by atoms with Crippen LogP contribution in [0.3, 0.4) is 0 Å². The summed E-state index contributed by atoms with van der Waals surface area (Å²) in [6.07, 6.45) is 3.08. The number of rotatable bonds is 7. The van der Waals surface area contributed by atoms with Crippen LogP contribution in [0.2, 0.25) is 0 Å². The van der Waals surface area contributed by atoms with Gasteiger partial charge < -0.3 is 15.5 Å². The van der Waals surface area contributed by atoms with Crippen LogP contribution in [0.15, 0.2) is 54.6 Å². The first-order valence-corrected chi connectivity index (χ1v) is 11.3. The van der Waals surface area contributed by atoms with Gasteiger partial charge in [0.1, 0.15) is 12.6 Å². The van der Waals surface area contributed by atoms with E-state index in [0.717, 1.165) is 24.9 Å². The van der Waals surface area contributed by atoms with E-state index >= 15 is 0 Å². The standard InChI is InChI=1S/C25H30N4O3/c1-2-18-10-12-20(13-11-18)27-22(30)17-29-21-9-6-15-26-23(21)24(31)28(25(29)32)16-14-19-7-4-3-5-8-19/h3-5,7-8,10-13,21,23,26H,2,6,9,14-17H2,1H3,(H,27,30). The maximum absolute atomic E-state index is 13.3. The van der Waals surface area contributed by atoms with Crippen molar-refractivity contribution < 1.29 is 14.4 Å². The summed E-state index contributed by atoms with van der Waals surface area (Å²) in [6.45, 7) is 3.03. The number of amides is 4. The van der Waals surface area contributed by atoms with E-state index < -0.39 is 6.04 Å². The second-order valence-electron chi connectivity index (χ2n) is 8.38. The first-order chi connectivity index (χ1) is 15.6. The number of hydrogen-bond acceptors (Lipinski definition) is 4. The predicted molar refractivity (Wildman–Crippen MR) is 123 cm³/mol. The summed E-state index contributed by atoms with van der Waals surface area (Å²) >= 11 is 0. The van der Waals surface area contributed by atoms with Crippen LogP contribution in [0.1, 0.15) is 30.9 Å². The Labute approximate surface area is 188 Å². The molecule has 2 atom stereocenters. The Balaban J connectivity index is 1.47. The number of carbonyl (C=O) groups is 3. The summed E-state index contributed by atoms with van der Waals surface area (Å²) in [4.78, 5) is 42.1. The second kappa shape index (κ2) is 9.96. The summed E-state index contributed by atoms with van der Waals surface area (Å²) in [5.74, 6) is -0.452. The number of piperidine rings is 1. The van der Waals surface area contributed by atoms with Crippen LogP contribution in [0, 0.1) is 0 Å². The number of fused-ring (bicyclic) bond motifs is 1. The lowest BCUT2D eigenvalue weighted by Gasteiger charge is -2.46. The molecule has 0 spiro atoms. The van der Waals surface area contributed by atoms with Crippen molar-refractivity contribution in [3.63, 3.8) is 0 Å². The van der Waals surface area contributed by atoms with Gasteiger partial charge in [0.25, 0.3) is 0 Å². The summed E-state index contributed by atoms with van der Waals surface area (Å²) in [7, 11) is 0. The Morgan fingerprint density at radius 2 is 1.81 bits per heavy atom. The molecule has 168 valence electrons. The number of nitrogens with one attached hydrogen (secondary N) is 2. The van der Waals surface area contributed by atoms with Gasteiger partial charge in [0.15, 0.2) is 0 Å². The van der Waals surface area contributed by atoms with Gasteiger partial charge in [0.2, 0.25) is 11.8 Å². The average Bonchev–Trinajstić information content (AvgIpc) is 2.83. The molecule has 2 N–H and O–H groups in total. The second-order valence-corrected chi connectivity index (χ2v) is 8.38. The maximum atomic E-state index is 13.3. The summed E-state index contributed by atoms with van der Waals surface area (Å²) in [5.41, 5.74) is 2.96. The number of imide groups is 1. The molecule has 2 aromatic carbocycles. The van der Waals surface area contributed by atoms with Gasteiger partial charge in [0, 0.05) is 12.2 Å². The predicted octanol–water partition coefficient (Wildman–Crippen LogP) is 2.82. The van der Waals surface area contributed by atoms with E-state index in [1.807, 2.05) is 54.6 Å². The molecule has 7 nitrogen and oxygen atoms in total. The molecule has 2 fully saturated rings. The smallest absolute Gasteiger partial charge is 0.325 e. The van der Waals surface area contributed by atoms with E-state index in [1.54, 1.807) is 4.90 Å². The summed E-state index contributed by atoms with van der Waals surface area (Å²) < 4.78 is 0. The molecule has 2 aliphatic rings. The first-order valence-electron chi connectivity index (χ1n) is 11.3. The lowest BCUT2D eigenvalue weighted by atomic mass is 9.93. The van der Waals surface area contributed by atoms with Crippen molar-refractivity contribution in [2.24, 2.45) is 0 Å². The number of benzene rings is 2. The fourth-order valence-corrected chi connectivity index (χ4v) is 4.47. The van der Waals surface area contributed by atoms with E-state index in [-0.39, 0.29) is 30.4 Å². The molecule has 4 rings (SSSR count). The molecule has 4 amide bonds. The SMILES string of the molecule is CCc1ccc(NC(=O)CN2C(=O)N(CCc3ccccc3)C(=O)C3NCCCC32)cc1. The molecule has 2 saturated heterocycles. The van der Waals surface area contributed by atoms with Gasteiger partial charge in [-0.25, -0.2) is 4.79 Å². The van der Waals surface area contributed by atoms with Gasteiger partial charge >= 0.3 is 6.03 Å². The first kappa shape index (κ1) is 22.0. The van der Waals surface area contributed by atoms with Crippen molar-refractivity contribution in [3.8, 4) is 0 Å². The Morgan fingerprint density at radius 3 is 2.53 bits per heavy atom. The molecule has 32 heavy (non-hydrogen) atoms. The van der Waals surface area contributed by atoms with Crippen LogP contribution in [-0.4, -0.2) is 59.4 Å². The molecule has 2 aliphatic heterocycles. The molecule has 2 unspecified atom stereocenters. The van der Waals surface area contributed by atoms with E-state index in [1.165, 1.54) is 10.5 Å². The lowest BCUT2D eigenvalue weighted by Crippen LogP contribution is -2.70. The molecule has 0 aliphatic carbocycles. The number of nitrogens with zero attached hydrogens (tertiary/aromatic N) is 2. The summed E-state index contributed by atoms with van der Waals surface area (Å²) in [6, 6.07) is 16.3. The average molecular weight is 435 g/mol. The molecular weight excluding hydrogens is 404 g/mol. The van der Waals surface area contributed by atoms with Crippen molar-refractivity contribution in [3.05, 3.63) is 65.7 Å². The van der Waals surface area contributed by atoms with Gasteiger partial charge in [-0.05, 0) is 55.5 Å². The highest BCUT2D eigenvalue weighted by atomic mass is 16.2. The molecule has 0 bridgehead atoms. The zero-order chi connectivity index (χ0) is 22.5. The molecule has 0 radical (unpaired) electrons. The van der Waals surface area contributed by atoms with Gasteiger partial charge in [-0.1, -0.05) is 49.4 Å². The third-order valence-electron chi connectivity index (χ3n) is 6.26. The number of anilines is 1. The van der Waals surface area contributed by atoms with Crippen LogP contribution >= 0.6 is 0 Å². The van der Waals surface area contributed by atoms with Crippen LogP contribution in [0.5, 0.6) is 0 Å². The monoisotopic (exact) mass is 434 g/mol. The fourth-order valence-electron chi connectivity index (χ4n) is 4.47. The maximum Gasteiger partial charge on any atom is 0.327 e. The Hall–Kier alpha value is -3.19. The number of hydrogen-bond donors (Lipinski definition) is 2. The summed E-state index contributed by atoms with van der Waals surface area (Å²) in [5, 5.41) is 6.15. The molecule has 0 saturated carbocycles. The van der Waals surface area contributed by atoms with Gasteiger partial charge in [-0.2, -0.15) is 0 Å². The minimum absolute atomic E-state index is 0.0771. The van der Waals surface area contributed by atoms with Gasteiger partial charge in [0.05, 0.1) is 6.04 Å².